The van der Waals surface area contributed by atoms with Crippen molar-refractivity contribution in [2.45, 2.75) is 37.6 Å². The zero-order chi connectivity index (χ0) is 17.7. The van der Waals surface area contributed by atoms with Crippen LogP contribution in [0.25, 0.3) is 10.8 Å². The van der Waals surface area contributed by atoms with Crippen LogP contribution >= 0.6 is 0 Å². The average Bonchev–Trinajstić information content (AvgIpc) is 2.65. The van der Waals surface area contributed by atoms with Crippen molar-refractivity contribution in [2.24, 2.45) is 0 Å². The van der Waals surface area contributed by atoms with Crippen molar-refractivity contribution in [2.75, 3.05) is 0 Å². The third-order valence-corrected chi connectivity index (χ3v) is 5.80. The number of hydrogen-bond donors (Lipinski definition) is 1. The molecule has 0 bridgehead atoms. The first kappa shape index (κ1) is 17.6. The third-order valence-electron chi connectivity index (χ3n) is 4.39. The fourth-order valence-electron chi connectivity index (χ4n) is 2.92. The quantitative estimate of drug-likeness (QED) is 0.671. The van der Waals surface area contributed by atoms with Gasteiger partial charge in [-0.05, 0) is 46.9 Å². The van der Waals surface area contributed by atoms with E-state index in [2.05, 4.69) is 11.6 Å². The summed E-state index contributed by atoms with van der Waals surface area (Å²) >= 11 is 0. The van der Waals surface area contributed by atoms with Crippen LogP contribution in [0.15, 0.2) is 71.6 Å². The summed E-state index contributed by atoms with van der Waals surface area (Å²) in [5.41, 5.74) is 2.15. The molecule has 0 fully saturated rings. The molecule has 25 heavy (non-hydrogen) atoms. The second-order valence-corrected chi connectivity index (χ2v) is 7.98. The van der Waals surface area contributed by atoms with Gasteiger partial charge < -0.3 is 0 Å². The van der Waals surface area contributed by atoms with E-state index in [1.807, 2.05) is 54.6 Å². The molecule has 0 atom stereocenters. The predicted molar refractivity (Wildman–Crippen MR) is 103 cm³/mol. The molecule has 0 amide bonds. The molecule has 3 rings (SSSR count). The average molecular weight is 353 g/mol. The van der Waals surface area contributed by atoms with Crippen LogP contribution in [0.3, 0.4) is 0 Å². The Morgan fingerprint density at radius 2 is 1.60 bits per heavy atom. The van der Waals surface area contributed by atoms with Gasteiger partial charge in [-0.3, -0.25) is 0 Å². The highest BCUT2D eigenvalue weighted by Crippen LogP contribution is 2.19. The van der Waals surface area contributed by atoms with Crippen LogP contribution in [-0.2, 0) is 23.0 Å². The maximum absolute atomic E-state index is 12.6. The van der Waals surface area contributed by atoms with E-state index in [1.165, 1.54) is 5.56 Å². The summed E-state index contributed by atoms with van der Waals surface area (Å²) in [4.78, 5) is 0.313. The van der Waals surface area contributed by atoms with Gasteiger partial charge in [0.15, 0.2) is 0 Å². The van der Waals surface area contributed by atoms with Crippen molar-refractivity contribution in [1.82, 2.24) is 4.72 Å². The molecule has 0 aliphatic heterocycles. The Morgan fingerprint density at radius 1 is 0.880 bits per heavy atom. The lowest BCUT2D eigenvalue weighted by molar-refractivity contribution is 0.581. The maximum atomic E-state index is 12.6. The summed E-state index contributed by atoms with van der Waals surface area (Å²) in [6, 6.07) is 21.1. The molecule has 0 spiro atoms. The van der Waals surface area contributed by atoms with Crippen molar-refractivity contribution in [3.8, 4) is 0 Å². The first-order valence-electron chi connectivity index (χ1n) is 8.65. The molecule has 0 saturated heterocycles. The van der Waals surface area contributed by atoms with Gasteiger partial charge in [0.2, 0.25) is 10.0 Å². The molecule has 0 unspecified atom stereocenters. The first-order valence-corrected chi connectivity index (χ1v) is 10.1. The summed E-state index contributed by atoms with van der Waals surface area (Å²) in [6.07, 6.45) is 3.23. The number of nitrogens with one attached hydrogen (secondary N) is 1. The summed E-state index contributed by atoms with van der Waals surface area (Å²) in [5, 5.41) is 2.18. The van der Waals surface area contributed by atoms with Crippen molar-refractivity contribution < 1.29 is 8.42 Å². The molecule has 0 radical (unpaired) electrons. The van der Waals surface area contributed by atoms with E-state index in [9.17, 15) is 8.42 Å². The molecule has 0 heterocycles. The zero-order valence-corrected chi connectivity index (χ0v) is 15.2. The number of benzene rings is 3. The normalized spacial score (nSPS) is 11.7. The number of unbranched alkanes of at least 4 members (excludes halogenated alkanes) is 1. The van der Waals surface area contributed by atoms with Crippen LogP contribution in [0.2, 0.25) is 0 Å². The van der Waals surface area contributed by atoms with Gasteiger partial charge in [-0.2, -0.15) is 0 Å². The van der Waals surface area contributed by atoms with E-state index in [1.54, 1.807) is 12.1 Å². The maximum Gasteiger partial charge on any atom is 0.240 e. The largest absolute Gasteiger partial charge is 0.240 e. The van der Waals surface area contributed by atoms with E-state index in [0.717, 1.165) is 35.6 Å². The fourth-order valence-corrected chi connectivity index (χ4v) is 3.93. The lowest BCUT2D eigenvalue weighted by Crippen LogP contribution is -2.23. The lowest BCUT2D eigenvalue weighted by atomic mass is 10.1. The number of fused-ring (bicyclic) bond motifs is 1. The molecule has 130 valence electrons. The SMILES string of the molecule is CCCCc1ccc(S(=O)(=O)NCc2cccc3ccccc23)cc1. The van der Waals surface area contributed by atoms with Crippen LogP contribution in [0, 0.1) is 0 Å². The Hall–Kier alpha value is -2.17. The van der Waals surface area contributed by atoms with E-state index in [4.69, 9.17) is 0 Å². The fraction of sp³-hybridized carbons (Fsp3) is 0.238. The van der Waals surface area contributed by atoms with Crippen LogP contribution in [0.5, 0.6) is 0 Å². The van der Waals surface area contributed by atoms with Crippen LogP contribution in [-0.4, -0.2) is 8.42 Å². The summed E-state index contributed by atoms with van der Waals surface area (Å²) in [5.74, 6) is 0. The van der Waals surface area contributed by atoms with Gasteiger partial charge in [0.05, 0.1) is 4.90 Å². The molecule has 3 nitrogen and oxygen atoms in total. The topological polar surface area (TPSA) is 46.2 Å². The lowest BCUT2D eigenvalue weighted by Gasteiger charge is -2.10. The Balaban J connectivity index is 1.75. The molecule has 1 N–H and O–H groups in total. The molecular formula is C21H23NO2S. The second-order valence-electron chi connectivity index (χ2n) is 6.21. The molecule has 0 aromatic heterocycles. The minimum atomic E-state index is -3.51. The van der Waals surface area contributed by atoms with Crippen LogP contribution < -0.4 is 4.72 Å². The Kier molecular flexibility index (Phi) is 5.51. The van der Waals surface area contributed by atoms with E-state index in [0.29, 0.717) is 4.90 Å². The third kappa shape index (κ3) is 4.27. The second kappa shape index (κ2) is 7.81. The van der Waals surface area contributed by atoms with E-state index in [-0.39, 0.29) is 6.54 Å². The Morgan fingerprint density at radius 3 is 2.36 bits per heavy atom. The van der Waals surface area contributed by atoms with E-state index < -0.39 is 10.0 Å². The van der Waals surface area contributed by atoms with Crippen molar-refractivity contribution in [3.05, 3.63) is 77.9 Å². The molecule has 0 aliphatic rings. The highest BCUT2D eigenvalue weighted by atomic mass is 32.2. The number of hydrogen-bond acceptors (Lipinski definition) is 2. The van der Waals surface area contributed by atoms with Crippen LogP contribution in [0.4, 0.5) is 0 Å². The summed E-state index contributed by atoms with van der Waals surface area (Å²) in [7, 11) is -3.51. The summed E-state index contributed by atoms with van der Waals surface area (Å²) in [6.45, 7) is 2.43. The number of aryl methyl sites for hydroxylation is 1. The molecule has 4 heteroatoms. The van der Waals surface area contributed by atoms with E-state index >= 15 is 0 Å². The van der Waals surface area contributed by atoms with Gasteiger partial charge in [0.1, 0.15) is 0 Å². The van der Waals surface area contributed by atoms with Crippen molar-refractivity contribution in [1.29, 1.82) is 0 Å². The van der Waals surface area contributed by atoms with Gasteiger partial charge in [-0.15, -0.1) is 0 Å². The highest BCUT2D eigenvalue weighted by molar-refractivity contribution is 7.89. The van der Waals surface area contributed by atoms with Crippen LogP contribution in [0.1, 0.15) is 30.9 Å². The molecular weight excluding hydrogens is 330 g/mol. The summed E-state index contributed by atoms with van der Waals surface area (Å²) < 4.78 is 27.8. The predicted octanol–water partition coefficient (Wildman–Crippen LogP) is 4.66. The molecule has 3 aromatic carbocycles. The minimum absolute atomic E-state index is 0.279. The number of rotatable bonds is 7. The Bertz CT molecular complexity index is 942. The first-order chi connectivity index (χ1) is 12.1. The molecule has 0 saturated carbocycles. The van der Waals surface area contributed by atoms with Gasteiger partial charge >= 0.3 is 0 Å². The van der Waals surface area contributed by atoms with Gasteiger partial charge in [0, 0.05) is 6.54 Å². The van der Waals surface area contributed by atoms with Gasteiger partial charge in [0.25, 0.3) is 0 Å². The molecule has 0 aliphatic carbocycles. The van der Waals surface area contributed by atoms with Crippen molar-refractivity contribution >= 4 is 20.8 Å². The minimum Gasteiger partial charge on any atom is -0.207 e. The number of sulfonamides is 1. The van der Waals surface area contributed by atoms with Gasteiger partial charge in [-0.1, -0.05) is 67.9 Å². The van der Waals surface area contributed by atoms with Crippen molar-refractivity contribution in [3.63, 3.8) is 0 Å². The standard InChI is InChI=1S/C21H23NO2S/c1-2-3-7-17-12-14-20(15-13-17)25(23,24)22-16-19-10-6-9-18-8-4-5-11-21(18)19/h4-6,8-15,22H,2-3,7,16H2,1H3. The highest BCUT2D eigenvalue weighted by Gasteiger charge is 2.14. The molecule has 3 aromatic rings. The Labute approximate surface area is 149 Å². The van der Waals surface area contributed by atoms with Gasteiger partial charge in [-0.25, -0.2) is 13.1 Å². The zero-order valence-electron chi connectivity index (χ0n) is 14.4. The monoisotopic (exact) mass is 353 g/mol. The smallest absolute Gasteiger partial charge is 0.207 e.